The number of rotatable bonds is 4. The second-order valence-corrected chi connectivity index (χ2v) is 7.88. The molecule has 2 heteroatoms. The van der Waals surface area contributed by atoms with Crippen LogP contribution in [0, 0.1) is 29.6 Å². The fourth-order valence-electron chi connectivity index (χ4n) is 5.99. The van der Waals surface area contributed by atoms with Gasteiger partial charge in [-0.25, -0.2) is 0 Å². The Labute approximate surface area is 118 Å². The van der Waals surface area contributed by atoms with E-state index in [9.17, 15) is 0 Å². The first kappa shape index (κ1) is 12.6. The molecule has 1 saturated heterocycles. The Morgan fingerprint density at radius 2 is 1.68 bits per heavy atom. The lowest BCUT2D eigenvalue weighted by atomic mass is 9.51. The average molecular weight is 262 g/mol. The second-order valence-electron chi connectivity index (χ2n) is 7.88. The van der Waals surface area contributed by atoms with Gasteiger partial charge in [0, 0.05) is 12.6 Å². The predicted octanol–water partition coefficient (Wildman–Crippen LogP) is 2.79. The molecule has 1 atom stereocenters. The summed E-state index contributed by atoms with van der Waals surface area (Å²) in [6, 6.07) is 0.755. The van der Waals surface area contributed by atoms with Crippen LogP contribution in [0.25, 0.3) is 0 Å². The van der Waals surface area contributed by atoms with Gasteiger partial charge in [-0.3, -0.25) is 0 Å². The summed E-state index contributed by atoms with van der Waals surface area (Å²) < 4.78 is 0. The maximum absolute atomic E-state index is 3.82. The summed E-state index contributed by atoms with van der Waals surface area (Å²) in [6.45, 7) is 3.70. The zero-order valence-corrected chi connectivity index (χ0v) is 12.2. The van der Waals surface area contributed by atoms with E-state index >= 15 is 0 Å². The molecule has 0 aromatic carbocycles. The molecule has 108 valence electrons. The molecule has 5 rings (SSSR count). The van der Waals surface area contributed by atoms with Gasteiger partial charge in [0.15, 0.2) is 0 Å². The van der Waals surface area contributed by atoms with Crippen LogP contribution in [0.1, 0.15) is 51.4 Å². The maximum Gasteiger partial charge on any atom is 0.0192 e. The van der Waals surface area contributed by atoms with Crippen LogP contribution in [0.3, 0.4) is 0 Å². The van der Waals surface area contributed by atoms with Crippen LogP contribution in [0.5, 0.6) is 0 Å². The molecule has 1 aliphatic heterocycles. The number of hydrogen-bond acceptors (Lipinski definition) is 2. The normalized spacial score (nSPS) is 48.6. The maximum atomic E-state index is 3.82. The van der Waals surface area contributed by atoms with Crippen molar-refractivity contribution in [3.63, 3.8) is 0 Å². The van der Waals surface area contributed by atoms with E-state index in [1.165, 1.54) is 38.9 Å². The van der Waals surface area contributed by atoms with Crippen molar-refractivity contribution in [1.82, 2.24) is 10.6 Å². The summed E-state index contributed by atoms with van der Waals surface area (Å²) in [4.78, 5) is 0. The Kier molecular flexibility index (Phi) is 3.57. The first-order valence-electron chi connectivity index (χ1n) is 8.82. The summed E-state index contributed by atoms with van der Waals surface area (Å²) in [5.74, 6) is 5.57. The van der Waals surface area contributed by atoms with Gasteiger partial charge in [-0.1, -0.05) is 0 Å². The van der Waals surface area contributed by atoms with Crippen LogP contribution in [0.15, 0.2) is 0 Å². The standard InChI is InChI=1S/C17H30N2/c1-2-16(11-18-4-1)19-5-3-17-14-7-12-6-13(9-14)10-15(17)8-12/h12-19H,1-11H2. The van der Waals surface area contributed by atoms with Crippen molar-refractivity contribution >= 4 is 0 Å². The molecule has 0 radical (unpaired) electrons. The van der Waals surface area contributed by atoms with Gasteiger partial charge >= 0.3 is 0 Å². The molecule has 0 amide bonds. The third kappa shape index (κ3) is 2.58. The molecular formula is C17H30N2. The van der Waals surface area contributed by atoms with Crippen molar-refractivity contribution in [2.75, 3.05) is 19.6 Å². The molecule has 1 heterocycles. The highest BCUT2D eigenvalue weighted by Crippen LogP contribution is 2.57. The van der Waals surface area contributed by atoms with E-state index in [0.717, 1.165) is 35.6 Å². The Hall–Kier alpha value is -0.0800. The molecule has 5 aliphatic rings. The van der Waals surface area contributed by atoms with Gasteiger partial charge in [-0.2, -0.15) is 0 Å². The summed E-state index contributed by atoms with van der Waals surface area (Å²) in [5, 5.41) is 7.33. The highest BCUT2D eigenvalue weighted by Gasteiger charge is 2.47. The lowest BCUT2D eigenvalue weighted by Crippen LogP contribution is -2.47. The Morgan fingerprint density at radius 3 is 2.32 bits per heavy atom. The van der Waals surface area contributed by atoms with E-state index in [0.29, 0.717) is 0 Å². The van der Waals surface area contributed by atoms with Crippen molar-refractivity contribution in [2.24, 2.45) is 29.6 Å². The summed E-state index contributed by atoms with van der Waals surface area (Å²) >= 11 is 0. The van der Waals surface area contributed by atoms with Crippen molar-refractivity contribution in [1.29, 1.82) is 0 Å². The topological polar surface area (TPSA) is 24.1 Å². The van der Waals surface area contributed by atoms with Crippen molar-refractivity contribution in [3.8, 4) is 0 Å². The fourth-order valence-corrected chi connectivity index (χ4v) is 5.99. The number of piperidine rings is 1. The van der Waals surface area contributed by atoms with E-state index in [-0.39, 0.29) is 0 Å². The average Bonchev–Trinajstić information content (AvgIpc) is 2.42. The van der Waals surface area contributed by atoms with Gasteiger partial charge in [0.1, 0.15) is 0 Å². The summed E-state index contributed by atoms with van der Waals surface area (Å²) in [6.07, 6.45) is 12.1. The SMILES string of the molecule is C1CNCC(NCCC2C3CC4CC(C3)CC2C4)C1. The zero-order chi connectivity index (χ0) is 12.7. The molecule has 0 spiro atoms. The van der Waals surface area contributed by atoms with Crippen LogP contribution in [0.4, 0.5) is 0 Å². The highest BCUT2D eigenvalue weighted by molar-refractivity contribution is 4.98. The molecule has 4 aliphatic carbocycles. The predicted molar refractivity (Wildman–Crippen MR) is 79.0 cm³/mol. The smallest absolute Gasteiger partial charge is 0.0192 e. The summed E-state index contributed by atoms with van der Waals surface area (Å²) in [7, 11) is 0. The minimum absolute atomic E-state index is 0.755. The molecule has 4 bridgehead atoms. The van der Waals surface area contributed by atoms with Crippen LogP contribution < -0.4 is 10.6 Å². The van der Waals surface area contributed by atoms with Crippen molar-refractivity contribution in [3.05, 3.63) is 0 Å². The van der Waals surface area contributed by atoms with Gasteiger partial charge in [0.2, 0.25) is 0 Å². The van der Waals surface area contributed by atoms with E-state index < -0.39 is 0 Å². The van der Waals surface area contributed by atoms with E-state index in [1.54, 1.807) is 32.1 Å². The Balaban J connectivity index is 1.26. The zero-order valence-electron chi connectivity index (χ0n) is 12.2. The summed E-state index contributed by atoms with van der Waals surface area (Å²) in [5.41, 5.74) is 0. The van der Waals surface area contributed by atoms with Crippen LogP contribution in [-0.2, 0) is 0 Å². The molecular weight excluding hydrogens is 232 g/mol. The third-order valence-corrected chi connectivity index (χ3v) is 6.63. The van der Waals surface area contributed by atoms with Gasteiger partial charge < -0.3 is 10.6 Å². The van der Waals surface area contributed by atoms with Crippen LogP contribution in [-0.4, -0.2) is 25.7 Å². The molecule has 4 saturated carbocycles. The quantitative estimate of drug-likeness (QED) is 0.814. The first-order valence-corrected chi connectivity index (χ1v) is 8.82. The van der Waals surface area contributed by atoms with Crippen LogP contribution >= 0.6 is 0 Å². The third-order valence-electron chi connectivity index (χ3n) is 6.63. The van der Waals surface area contributed by atoms with Gasteiger partial charge in [-0.05, 0) is 94.0 Å². The number of nitrogens with one attached hydrogen (secondary N) is 2. The molecule has 0 aromatic rings. The molecule has 19 heavy (non-hydrogen) atoms. The van der Waals surface area contributed by atoms with Crippen LogP contribution in [0.2, 0.25) is 0 Å². The monoisotopic (exact) mass is 262 g/mol. The van der Waals surface area contributed by atoms with Gasteiger partial charge in [0.25, 0.3) is 0 Å². The molecule has 5 fully saturated rings. The van der Waals surface area contributed by atoms with Gasteiger partial charge in [0.05, 0.1) is 0 Å². The number of hydrogen-bond donors (Lipinski definition) is 2. The minimum atomic E-state index is 0.755. The van der Waals surface area contributed by atoms with Crippen molar-refractivity contribution in [2.45, 2.75) is 57.4 Å². The van der Waals surface area contributed by atoms with E-state index in [4.69, 9.17) is 0 Å². The fraction of sp³-hybridized carbons (Fsp3) is 1.00. The first-order chi connectivity index (χ1) is 9.38. The van der Waals surface area contributed by atoms with Crippen molar-refractivity contribution < 1.29 is 0 Å². The largest absolute Gasteiger partial charge is 0.315 e. The lowest BCUT2D eigenvalue weighted by molar-refractivity contribution is -0.0395. The molecule has 2 nitrogen and oxygen atoms in total. The van der Waals surface area contributed by atoms with Gasteiger partial charge in [-0.15, -0.1) is 0 Å². The second kappa shape index (κ2) is 5.37. The van der Waals surface area contributed by atoms with E-state index in [1.807, 2.05) is 0 Å². The highest BCUT2D eigenvalue weighted by atomic mass is 15.0. The Morgan fingerprint density at radius 1 is 0.947 bits per heavy atom. The van der Waals surface area contributed by atoms with E-state index in [2.05, 4.69) is 10.6 Å². The molecule has 0 aromatic heterocycles. The minimum Gasteiger partial charge on any atom is -0.315 e. The molecule has 1 unspecified atom stereocenters. The lowest BCUT2D eigenvalue weighted by Gasteiger charge is -2.54. The Bertz CT molecular complexity index is 280. The molecule has 2 N–H and O–H groups in total.